The molecule has 1 aromatic carbocycles. The molecule has 1 heterocycles. The van der Waals surface area contributed by atoms with Gasteiger partial charge in [-0.05, 0) is 23.8 Å². The average Bonchev–Trinajstić information content (AvgIpc) is 2.77. The molecule has 1 aromatic heterocycles. The van der Waals surface area contributed by atoms with E-state index in [9.17, 15) is 4.79 Å². The molecule has 94 valence electrons. The van der Waals surface area contributed by atoms with Gasteiger partial charge in [0.25, 0.3) is 0 Å². The lowest BCUT2D eigenvalue weighted by atomic mass is 10.2. The first-order valence-electron chi connectivity index (χ1n) is 5.28. The zero-order valence-corrected chi connectivity index (χ0v) is 10.2. The normalized spacial score (nSPS) is 10.5. The highest BCUT2D eigenvalue weighted by atomic mass is 35.5. The predicted molar refractivity (Wildman–Crippen MR) is 65.6 cm³/mol. The van der Waals surface area contributed by atoms with Crippen LogP contribution in [0.2, 0.25) is 5.02 Å². The SMILES string of the molecule is O=C(O)c1ccoc1COCc1cccc(Cl)c1. The van der Waals surface area contributed by atoms with Gasteiger partial charge in [0.15, 0.2) is 0 Å². The number of carbonyl (C=O) groups is 1. The maximum absolute atomic E-state index is 10.8. The maximum Gasteiger partial charge on any atom is 0.339 e. The van der Waals surface area contributed by atoms with Crippen molar-refractivity contribution < 1.29 is 19.1 Å². The van der Waals surface area contributed by atoms with Crippen molar-refractivity contribution in [3.63, 3.8) is 0 Å². The Kier molecular flexibility index (Phi) is 4.02. The summed E-state index contributed by atoms with van der Waals surface area (Å²) in [6.07, 6.45) is 1.33. The molecule has 0 aliphatic rings. The van der Waals surface area contributed by atoms with Crippen molar-refractivity contribution in [1.29, 1.82) is 0 Å². The Bertz CT molecular complexity index is 547. The number of benzene rings is 1. The van der Waals surface area contributed by atoms with E-state index in [2.05, 4.69) is 0 Å². The molecule has 4 nitrogen and oxygen atoms in total. The van der Waals surface area contributed by atoms with Crippen LogP contribution in [0.5, 0.6) is 0 Å². The standard InChI is InChI=1S/C13H11ClO4/c14-10-3-1-2-9(6-10)7-17-8-12-11(13(15)16)4-5-18-12/h1-6H,7-8H2,(H,15,16). The molecule has 0 spiro atoms. The smallest absolute Gasteiger partial charge is 0.339 e. The molecule has 0 fully saturated rings. The summed E-state index contributed by atoms with van der Waals surface area (Å²) in [5.41, 5.74) is 1.05. The Hall–Kier alpha value is -1.78. The van der Waals surface area contributed by atoms with E-state index in [1.165, 1.54) is 12.3 Å². The van der Waals surface area contributed by atoms with Crippen LogP contribution in [0.4, 0.5) is 0 Å². The molecule has 0 saturated carbocycles. The third kappa shape index (κ3) is 3.12. The molecule has 0 amide bonds. The molecule has 0 bridgehead atoms. The molecule has 5 heteroatoms. The third-order valence-electron chi connectivity index (χ3n) is 2.37. The molecule has 2 rings (SSSR count). The fourth-order valence-electron chi connectivity index (χ4n) is 1.53. The second kappa shape index (κ2) is 5.71. The van der Waals surface area contributed by atoms with E-state index in [1.807, 2.05) is 12.1 Å². The van der Waals surface area contributed by atoms with E-state index in [0.29, 0.717) is 17.4 Å². The van der Waals surface area contributed by atoms with Gasteiger partial charge in [-0.3, -0.25) is 0 Å². The van der Waals surface area contributed by atoms with E-state index in [0.717, 1.165) is 5.56 Å². The molecule has 1 N–H and O–H groups in total. The van der Waals surface area contributed by atoms with Crippen LogP contribution in [0, 0.1) is 0 Å². The van der Waals surface area contributed by atoms with Crippen molar-refractivity contribution in [2.24, 2.45) is 0 Å². The summed E-state index contributed by atoms with van der Waals surface area (Å²) < 4.78 is 10.4. The first-order chi connectivity index (χ1) is 8.66. The first-order valence-corrected chi connectivity index (χ1v) is 5.66. The molecule has 0 aliphatic carbocycles. The highest BCUT2D eigenvalue weighted by Crippen LogP contribution is 2.15. The fourth-order valence-corrected chi connectivity index (χ4v) is 1.74. The average molecular weight is 267 g/mol. The highest BCUT2D eigenvalue weighted by molar-refractivity contribution is 6.30. The number of furan rings is 1. The number of hydrogen-bond acceptors (Lipinski definition) is 3. The Morgan fingerprint density at radius 1 is 1.33 bits per heavy atom. The van der Waals surface area contributed by atoms with Crippen LogP contribution in [0.1, 0.15) is 21.7 Å². The van der Waals surface area contributed by atoms with Crippen molar-refractivity contribution in [1.82, 2.24) is 0 Å². The summed E-state index contributed by atoms with van der Waals surface area (Å²) in [6.45, 7) is 0.460. The first kappa shape index (κ1) is 12.7. The van der Waals surface area contributed by atoms with Gasteiger partial charge in [0.1, 0.15) is 17.9 Å². The van der Waals surface area contributed by atoms with Gasteiger partial charge in [0, 0.05) is 5.02 Å². The molecular weight excluding hydrogens is 256 g/mol. The van der Waals surface area contributed by atoms with Gasteiger partial charge in [0.05, 0.1) is 12.9 Å². The van der Waals surface area contributed by atoms with Crippen molar-refractivity contribution in [3.8, 4) is 0 Å². The molecule has 0 radical (unpaired) electrons. The van der Waals surface area contributed by atoms with E-state index in [1.54, 1.807) is 12.1 Å². The Morgan fingerprint density at radius 3 is 2.89 bits per heavy atom. The third-order valence-corrected chi connectivity index (χ3v) is 2.60. The van der Waals surface area contributed by atoms with Gasteiger partial charge < -0.3 is 14.3 Å². The van der Waals surface area contributed by atoms with Crippen LogP contribution in [0.3, 0.4) is 0 Å². The van der Waals surface area contributed by atoms with Crippen molar-refractivity contribution in [3.05, 3.63) is 58.5 Å². The minimum Gasteiger partial charge on any atom is -0.478 e. The van der Waals surface area contributed by atoms with Crippen molar-refractivity contribution in [2.45, 2.75) is 13.2 Å². The second-order valence-electron chi connectivity index (χ2n) is 3.69. The molecule has 0 saturated heterocycles. The summed E-state index contributed by atoms with van der Waals surface area (Å²) in [6, 6.07) is 8.69. The van der Waals surface area contributed by atoms with Gasteiger partial charge in [-0.25, -0.2) is 4.79 Å². The summed E-state index contributed by atoms with van der Waals surface area (Å²) in [4.78, 5) is 10.8. The van der Waals surface area contributed by atoms with E-state index >= 15 is 0 Å². The topological polar surface area (TPSA) is 59.7 Å². The Labute approximate surface area is 109 Å². The largest absolute Gasteiger partial charge is 0.478 e. The monoisotopic (exact) mass is 266 g/mol. The number of carboxylic acids is 1. The maximum atomic E-state index is 10.8. The summed E-state index contributed by atoms with van der Waals surface area (Å²) in [7, 11) is 0. The number of carboxylic acid groups (broad SMARTS) is 1. The van der Waals surface area contributed by atoms with Gasteiger partial charge in [-0.15, -0.1) is 0 Å². The number of halogens is 1. The lowest BCUT2D eigenvalue weighted by Gasteiger charge is -2.03. The molecule has 2 aromatic rings. The minimum atomic E-state index is -1.02. The van der Waals surface area contributed by atoms with Gasteiger partial charge >= 0.3 is 5.97 Å². The summed E-state index contributed by atoms with van der Waals surface area (Å²) >= 11 is 5.84. The second-order valence-corrected chi connectivity index (χ2v) is 4.12. The molecule has 0 atom stereocenters. The zero-order chi connectivity index (χ0) is 13.0. The zero-order valence-electron chi connectivity index (χ0n) is 9.43. The van der Waals surface area contributed by atoms with E-state index in [-0.39, 0.29) is 12.2 Å². The van der Waals surface area contributed by atoms with Crippen LogP contribution in [-0.2, 0) is 18.0 Å². The Morgan fingerprint density at radius 2 is 2.17 bits per heavy atom. The lowest BCUT2D eigenvalue weighted by molar-refractivity contribution is 0.0671. The van der Waals surface area contributed by atoms with Gasteiger partial charge in [-0.1, -0.05) is 23.7 Å². The quantitative estimate of drug-likeness (QED) is 0.902. The molecule has 0 aliphatic heterocycles. The van der Waals surface area contributed by atoms with Crippen LogP contribution in [0.25, 0.3) is 0 Å². The minimum absolute atomic E-state index is 0.112. The number of ether oxygens (including phenoxy) is 1. The van der Waals surface area contributed by atoms with Crippen LogP contribution < -0.4 is 0 Å². The fraction of sp³-hybridized carbons (Fsp3) is 0.154. The lowest BCUT2D eigenvalue weighted by Crippen LogP contribution is -2.01. The van der Waals surface area contributed by atoms with Crippen molar-refractivity contribution in [2.75, 3.05) is 0 Å². The van der Waals surface area contributed by atoms with Crippen LogP contribution in [-0.4, -0.2) is 11.1 Å². The number of rotatable bonds is 5. The van der Waals surface area contributed by atoms with Crippen LogP contribution >= 0.6 is 11.6 Å². The van der Waals surface area contributed by atoms with Gasteiger partial charge in [-0.2, -0.15) is 0 Å². The van der Waals surface area contributed by atoms with E-state index in [4.69, 9.17) is 25.9 Å². The highest BCUT2D eigenvalue weighted by Gasteiger charge is 2.12. The van der Waals surface area contributed by atoms with Crippen molar-refractivity contribution >= 4 is 17.6 Å². The number of aromatic carboxylic acids is 1. The predicted octanol–water partition coefficient (Wildman–Crippen LogP) is 3.35. The van der Waals surface area contributed by atoms with Gasteiger partial charge in [0.2, 0.25) is 0 Å². The Balaban J connectivity index is 1.92. The summed E-state index contributed by atoms with van der Waals surface area (Å²) in [5, 5.41) is 9.51. The van der Waals surface area contributed by atoms with Crippen LogP contribution in [0.15, 0.2) is 41.0 Å². The molecule has 18 heavy (non-hydrogen) atoms. The molecule has 0 unspecified atom stereocenters. The molecular formula is C13H11ClO4. The summed E-state index contributed by atoms with van der Waals surface area (Å²) in [5.74, 6) is -0.713. The number of hydrogen-bond donors (Lipinski definition) is 1. The van der Waals surface area contributed by atoms with E-state index < -0.39 is 5.97 Å².